The van der Waals surface area contributed by atoms with Crippen molar-refractivity contribution in [3.05, 3.63) is 29.8 Å². The third kappa shape index (κ3) is 6.06. The van der Waals surface area contributed by atoms with Crippen LogP contribution in [0.3, 0.4) is 0 Å². The van der Waals surface area contributed by atoms with Crippen LogP contribution in [-0.2, 0) is 11.3 Å². The molecule has 20 heavy (non-hydrogen) atoms. The summed E-state index contributed by atoms with van der Waals surface area (Å²) in [5.41, 5.74) is 6.87. The zero-order valence-corrected chi connectivity index (χ0v) is 12.7. The van der Waals surface area contributed by atoms with Crippen LogP contribution in [0.15, 0.2) is 24.3 Å². The van der Waals surface area contributed by atoms with Crippen LogP contribution in [0.4, 0.5) is 0 Å². The minimum Gasteiger partial charge on any atom is -0.494 e. The molecule has 0 saturated carbocycles. The highest BCUT2D eigenvalue weighted by atomic mass is 16.5. The number of carbonyl (C=O) groups is 1. The van der Waals surface area contributed by atoms with Gasteiger partial charge in [-0.15, -0.1) is 0 Å². The number of nitrogens with two attached hydrogens (primary N) is 1. The summed E-state index contributed by atoms with van der Waals surface area (Å²) in [5, 5.41) is 2.86. The molecule has 1 atom stereocenters. The van der Waals surface area contributed by atoms with E-state index in [1.165, 1.54) is 0 Å². The minimum atomic E-state index is -0.429. The molecule has 1 aromatic rings. The number of hydrogen-bond acceptors (Lipinski definition) is 3. The Balaban J connectivity index is 2.39. The zero-order valence-electron chi connectivity index (χ0n) is 12.7. The average molecular weight is 278 g/mol. The topological polar surface area (TPSA) is 64.3 Å². The average Bonchev–Trinajstić information content (AvgIpc) is 2.42. The Morgan fingerprint density at radius 1 is 1.30 bits per heavy atom. The summed E-state index contributed by atoms with van der Waals surface area (Å²) in [7, 11) is 0. The first kappa shape index (κ1) is 16.5. The first-order valence-corrected chi connectivity index (χ1v) is 7.28. The molecule has 0 aliphatic heterocycles. The number of amides is 1. The van der Waals surface area contributed by atoms with E-state index in [1.54, 1.807) is 0 Å². The molecule has 0 aliphatic rings. The lowest BCUT2D eigenvalue weighted by atomic mass is 10.0. The van der Waals surface area contributed by atoms with Crippen molar-refractivity contribution in [3.8, 4) is 5.75 Å². The molecule has 0 unspecified atom stereocenters. The minimum absolute atomic E-state index is 0.0926. The van der Waals surface area contributed by atoms with Gasteiger partial charge < -0.3 is 15.8 Å². The summed E-state index contributed by atoms with van der Waals surface area (Å²) >= 11 is 0. The second kappa shape index (κ2) is 8.59. The van der Waals surface area contributed by atoms with Gasteiger partial charge in [-0.3, -0.25) is 4.79 Å². The van der Waals surface area contributed by atoms with Crippen molar-refractivity contribution in [2.75, 3.05) is 6.61 Å². The molecule has 0 spiro atoms. The quantitative estimate of drug-likeness (QED) is 0.767. The van der Waals surface area contributed by atoms with Crippen LogP contribution in [0.5, 0.6) is 5.75 Å². The van der Waals surface area contributed by atoms with Crippen LogP contribution >= 0.6 is 0 Å². The van der Waals surface area contributed by atoms with Gasteiger partial charge >= 0.3 is 0 Å². The Hall–Kier alpha value is -1.55. The smallest absolute Gasteiger partial charge is 0.237 e. The van der Waals surface area contributed by atoms with E-state index in [0.717, 1.165) is 24.3 Å². The molecule has 4 nitrogen and oxygen atoms in total. The van der Waals surface area contributed by atoms with E-state index < -0.39 is 6.04 Å². The maximum Gasteiger partial charge on any atom is 0.237 e. The Labute approximate surface area is 121 Å². The highest BCUT2D eigenvalue weighted by Gasteiger charge is 2.14. The third-order valence-electron chi connectivity index (χ3n) is 2.93. The van der Waals surface area contributed by atoms with E-state index >= 15 is 0 Å². The largest absolute Gasteiger partial charge is 0.494 e. The number of rotatable bonds is 8. The predicted molar refractivity (Wildman–Crippen MR) is 81.5 cm³/mol. The van der Waals surface area contributed by atoms with Crippen molar-refractivity contribution in [3.63, 3.8) is 0 Å². The van der Waals surface area contributed by atoms with Crippen LogP contribution in [0.25, 0.3) is 0 Å². The van der Waals surface area contributed by atoms with E-state index in [4.69, 9.17) is 10.5 Å². The highest BCUT2D eigenvalue weighted by Crippen LogP contribution is 2.12. The number of benzene rings is 1. The maximum absolute atomic E-state index is 11.8. The van der Waals surface area contributed by atoms with Gasteiger partial charge in [-0.1, -0.05) is 32.9 Å². The summed E-state index contributed by atoms with van der Waals surface area (Å²) in [6.07, 6.45) is 1.70. The van der Waals surface area contributed by atoms with Crippen molar-refractivity contribution in [1.29, 1.82) is 0 Å². The molecule has 3 N–H and O–H groups in total. The molecule has 0 fully saturated rings. The molecule has 0 aromatic heterocycles. The maximum atomic E-state index is 11.8. The Bertz CT molecular complexity index is 401. The summed E-state index contributed by atoms with van der Waals surface area (Å²) in [6.45, 7) is 7.41. The van der Waals surface area contributed by atoms with Crippen LogP contribution in [0.2, 0.25) is 0 Å². The second-order valence-corrected chi connectivity index (χ2v) is 5.45. The summed E-state index contributed by atoms with van der Waals surface area (Å²) in [5.74, 6) is 1.19. The molecule has 1 rings (SSSR count). The van der Waals surface area contributed by atoms with Crippen molar-refractivity contribution in [1.82, 2.24) is 5.32 Å². The first-order valence-electron chi connectivity index (χ1n) is 7.28. The third-order valence-corrected chi connectivity index (χ3v) is 2.93. The molecule has 4 heteroatoms. The lowest BCUT2D eigenvalue weighted by Gasteiger charge is -2.14. The van der Waals surface area contributed by atoms with Gasteiger partial charge in [0.1, 0.15) is 5.75 Å². The van der Waals surface area contributed by atoms with E-state index in [0.29, 0.717) is 18.9 Å². The molecule has 0 bridgehead atoms. The fraction of sp³-hybridized carbons (Fsp3) is 0.562. The molecule has 0 saturated heterocycles. The SMILES string of the molecule is CCCOc1ccc(CNC(=O)[C@@H](N)CC(C)C)cc1. The standard InChI is InChI=1S/C16H26N2O2/c1-4-9-20-14-7-5-13(6-8-14)11-18-16(19)15(17)10-12(2)3/h5-8,12,15H,4,9-11,17H2,1-3H3,(H,18,19)/t15-/m0/s1. The van der Waals surface area contributed by atoms with Crippen LogP contribution in [0, 0.1) is 5.92 Å². The Morgan fingerprint density at radius 3 is 2.50 bits per heavy atom. The lowest BCUT2D eigenvalue weighted by molar-refractivity contribution is -0.122. The molecule has 0 aliphatic carbocycles. The second-order valence-electron chi connectivity index (χ2n) is 5.45. The van der Waals surface area contributed by atoms with Crippen molar-refractivity contribution in [2.45, 2.75) is 46.2 Å². The van der Waals surface area contributed by atoms with Gasteiger partial charge in [0.2, 0.25) is 5.91 Å². The van der Waals surface area contributed by atoms with Crippen molar-refractivity contribution < 1.29 is 9.53 Å². The van der Waals surface area contributed by atoms with Gasteiger partial charge in [0.05, 0.1) is 12.6 Å². The number of hydrogen-bond donors (Lipinski definition) is 2. The molecular weight excluding hydrogens is 252 g/mol. The summed E-state index contributed by atoms with van der Waals surface area (Å²) in [4.78, 5) is 11.8. The van der Waals surface area contributed by atoms with E-state index in [9.17, 15) is 4.79 Å². The number of ether oxygens (including phenoxy) is 1. The van der Waals surface area contributed by atoms with E-state index in [2.05, 4.69) is 26.1 Å². The van der Waals surface area contributed by atoms with Gasteiger partial charge in [0.15, 0.2) is 0 Å². The van der Waals surface area contributed by atoms with Gasteiger partial charge in [-0.2, -0.15) is 0 Å². The van der Waals surface area contributed by atoms with Gasteiger partial charge in [-0.25, -0.2) is 0 Å². The van der Waals surface area contributed by atoms with Gasteiger partial charge in [0.25, 0.3) is 0 Å². The molecular formula is C16H26N2O2. The van der Waals surface area contributed by atoms with Crippen LogP contribution in [0.1, 0.15) is 39.2 Å². The highest BCUT2D eigenvalue weighted by molar-refractivity contribution is 5.81. The first-order chi connectivity index (χ1) is 9.52. The van der Waals surface area contributed by atoms with Crippen LogP contribution in [-0.4, -0.2) is 18.6 Å². The van der Waals surface area contributed by atoms with Gasteiger partial charge in [0, 0.05) is 6.54 Å². The zero-order chi connectivity index (χ0) is 15.0. The summed E-state index contributed by atoms with van der Waals surface area (Å²) < 4.78 is 5.51. The van der Waals surface area contributed by atoms with Crippen LogP contribution < -0.4 is 15.8 Å². The van der Waals surface area contributed by atoms with E-state index in [-0.39, 0.29) is 5.91 Å². The molecule has 0 heterocycles. The number of carbonyl (C=O) groups excluding carboxylic acids is 1. The summed E-state index contributed by atoms with van der Waals surface area (Å²) in [6, 6.07) is 7.33. The number of nitrogens with one attached hydrogen (secondary N) is 1. The van der Waals surface area contributed by atoms with E-state index in [1.807, 2.05) is 24.3 Å². The van der Waals surface area contributed by atoms with Crippen molar-refractivity contribution in [2.24, 2.45) is 11.7 Å². The Morgan fingerprint density at radius 2 is 1.95 bits per heavy atom. The monoisotopic (exact) mass is 278 g/mol. The fourth-order valence-electron chi connectivity index (χ4n) is 1.86. The predicted octanol–water partition coefficient (Wildman–Crippen LogP) is 2.46. The molecule has 1 amide bonds. The molecule has 112 valence electrons. The van der Waals surface area contributed by atoms with Gasteiger partial charge in [-0.05, 0) is 36.5 Å². The normalized spacial score (nSPS) is 12.2. The lowest BCUT2D eigenvalue weighted by Crippen LogP contribution is -2.40. The molecule has 1 aromatic carbocycles. The molecule has 0 radical (unpaired) electrons. The Kier molecular flexibility index (Phi) is 7.09. The fourth-order valence-corrected chi connectivity index (χ4v) is 1.86. The van der Waals surface area contributed by atoms with Crippen molar-refractivity contribution >= 4 is 5.91 Å².